The summed E-state index contributed by atoms with van der Waals surface area (Å²) in [7, 11) is 3.11. The number of thioether (sulfide) groups is 1. The summed E-state index contributed by atoms with van der Waals surface area (Å²) in [5.74, 6) is 1.24. The van der Waals surface area contributed by atoms with Crippen LogP contribution in [0.4, 0.5) is 11.4 Å². The van der Waals surface area contributed by atoms with Gasteiger partial charge in [-0.05, 0) is 83.1 Å². The monoisotopic (exact) mass is 615 g/mol. The van der Waals surface area contributed by atoms with Gasteiger partial charge in [0.05, 0.1) is 41.3 Å². The normalized spacial score (nSPS) is 14.8. The Kier molecular flexibility index (Phi) is 9.29. The van der Waals surface area contributed by atoms with E-state index in [1.54, 1.807) is 42.4 Å². The highest BCUT2D eigenvalue weighted by Gasteiger charge is 2.33. The van der Waals surface area contributed by atoms with Crippen LogP contribution in [-0.4, -0.2) is 35.1 Å². The summed E-state index contributed by atoms with van der Waals surface area (Å²) < 4.78 is 16.7. The van der Waals surface area contributed by atoms with Crippen molar-refractivity contribution in [3.8, 4) is 17.2 Å². The van der Waals surface area contributed by atoms with E-state index in [9.17, 15) is 14.9 Å². The van der Waals surface area contributed by atoms with Crippen LogP contribution in [-0.2, 0) is 17.9 Å². The summed E-state index contributed by atoms with van der Waals surface area (Å²) in [6, 6.07) is 26.5. The fourth-order valence-electron chi connectivity index (χ4n) is 4.24. The Bertz CT molecular complexity index is 1690. The molecule has 0 radical (unpaired) electrons. The van der Waals surface area contributed by atoms with Crippen molar-refractivity contribution in [1.82, 2.24) is 4.90 Å². The number of nitrogens with zero attached hydrogens (tertiary/aromatic N) is 3. The number of carbonyl (C=O) groups excluding carboxylic acids is 1. The number of amides is 1. The molecule has 0 atom stereocenters. The third kappa shape index (κ3) is 7.17. The standard InChI is InChI=1S/C32H26ClN3O6S/c1-40-26-14-10-21(11-15-26)19-35-31(37)29(43-32(35)34-24-6-4-3-5-7-24)18-23-16-27(33)30(28(17-23)41-2)42-20-22-8-12-25(13-9-22)36(38)39/h3-18H,19-20H2,1-2H3/b29-18-,34-32?. The molecule has 1 saturated heterocycles. The summed E-state index contributed by atoms with van der Waals surface area (Å²) in [6.07, 6.45) is 1.75. The van der Waals surface area contributed by atoms with Crippen molar-refractivity contribution in [1.29, 1.82) is 0 Å². The van der Waals surface area contributed by atoms with Gasteiger partial charge in [-0.3, -0.25) is 19.8 Å². The number of hydrogen-bond acceptors (Lipinski definition) is 8. The maximum atomic E-state index is 13.7. The van der Waals surface area contributed by atoms with Crippen LogP contribution in [0.15, 0.2) is 101 Å². The highest BCUT2D eigenvalue weighted by atomic mass is 35.5. The van der Waals surface area contributed by atoms with Crippen LogP contribution in [0.1, 0.15) is 16.7 Å². The Hall–Kier alpha value is -4.80. The molecule has 0 N–H and O–H groups in total. The number of non-ortho nitro benzene ring substituents is 1. The fourth-order valence-corrected chi connectivity index (χ4v) is 5.51. The molecule has 0 aromatic heterocycles. The molecule has 1 fully saturated rings. The quantitative estimate of drug-likeness (QED) is 0.103. The second-order valence-electron chi connectivity index (χ2n) is 9.33. The number of aliphatic imine (C=N–C) groups is 1. The van der Waals surface area contributed by atoms with E-state index < -0.39 is 4.92 Å². The predicted octanol–water partition coefficient (Wildman–Crippen LogP) is 7.65. The van der Waals surface area contributed by atoms with E-state index in [1.165, 1.54) is 31.0 Å². The number of ether oxygens (including phenoxy) is 3. The molecule has 9 nitrogen and oxygen atoms in total. The zero-order valence-corrected chi connectivity index (χ0v) is 24.8. The van der Waals surface area contributed by atoms with Crippen LogP contribution in [0, 0.1) is 10.1 Å². The molecule has 43 heavy (non-hydrogen) atoms. The Morgan fingerprint density at radius 3 is 2.30 bits per heavy atom. The van der Waals surface area contributed by atoms with Crippen LogP contribution in [0.5, 0.6) is 17.2 Å². The number of amidine groups is 1. The van der Waals surface area contributed by atoms with Crippen LogP contribution in [0.3, 0.4) is 0 Å². The first-order valence-corrected chi connectivity index (χ1v) is 14.3. The molecule has 4 aromatic carbocycles. The Morgan fingerprint density at radius 2 is 1.65 bits per heavy atom. The predicted molar refractivity (Wildman–Crippen MR) is 168 cm³/mol. The fraction of sp³-hybridized carbons (Fsp3) is 0.125. The zero-order valence-electron chi connectivity index (χ0n) is 23.2. The maximum absolute atomic E-state index is 13.7. The van der Waals surface area contributed by atoms with Crippen LogP contribution in [0.25, 0.3) is 6.08 Å². The van der Waals surface area contributed by atoms with Gasteiger partial charge in [-0.25, -0.2) is 4.99 Å². The first kappa shape index (κ1) is 29.7. The number of para-hydroxylation sites is 1. The van der Waals surface area contributed by atoms with Gasteiger partial charge in [0.25, 0.3) is 11.6 Å². The van der Waals surface area contributed by atoms with E-state index >= 15 is 0 Å². The Balaban J connectivity index is 1.40. The van der Waals surface area contributed by atoms with Gasteiger partial charge in [-0.2, -0.15) is 0 Å². The van der Waals surface area contributed by atoms with Crippen molar-refractivity contribution >= 4 is 51.9 Å². The third-order valence-corrected chi connectivity index (χ3v) is 7.74. The summed E-state index contributed by atoms with van der Waals surface area (Å²) in [4.78, 5) is 31.0. The van der Waals surface area contributed by atoms with Gasteiger partial charge in [0.2, 0.25) is 0 Å². The minimum atomic E-state index is -0.458. The molecule has 0 spiro atoms. The van der Waals surface area contributed by atoms with Gasteiger partial charge in [-0.1, -0.05) is 41.9 Å². The Labute approximate surface area is 257 Å². The Morgan fingerprint density at radius 1 is 0.953 bits per heavy atom. The van der Waals surface area contributed by atoms with Crippen molar-refractivity contribution in [2.45, 2.75) is 13.2 Å². The van der Waals surface area contributed by atoms with Gasteiger partial charge in [0.1, 0.15) is 12.4 Å². The van der Waals surface area contributed by atoms with E-state index in [4.69, 9.17) is 30.8 Å². The number of nitro benzene ring substituents is 1. The first-order valence-electron chi connectivity index (χ1n) is 13.1. The molecule has 218 valence electrons. The first-order chi connectivity index (χ1) is 20.8. The summed E-state index contributed by atoms with van der Waals surface area (Å²) in [5.41, 5.74) is 3.03. The topological polar surface area (TPSA) is 104 Å². The third-order valence-electron chi connectivity index (χ3n) is 6.45. The molecular weight excluding hydrogens is 590 g/mol. The average molecular weight is 616 g/mol. The minimum absolute atomic E-state index is 0.00406. The zero-order chi connectivity index (χ0) is 30.3. The van der Waals surface area contributed by atoms with Crippen LogP contribution < -0.4 is 14.2 Å². The summed E-state index contributed by atoms with van der Waals surface area (Å²) >= 11 is 7.88. The molecular formula is C32H26ClN3O6S. The molecule has 11 heteroatoms. The molecule has 1 heterocycles. The molecule has 0 bridgehead atoms. The van der Waals surface area contributed by atoms with Crippen molar-refractivity contribution in [3.05, 3.63) is 128 Å². The number of hydrogen-bond donors (Lipinski definition) is 0. The van der Waals surface area contributed by atoms with Crippen LogP contribution >= 0.6 is 23.4 Å². The van der Waals surface area contributed by atoms with Gasteiger partial charge in [-0.15, -0.1) is 0 Å². The highest BCUT2D eigenvalue weighted by Crippen LogP contribution is 2.40. The lowest BCUT2D eigenvalue weighted by atomic mass is 10.1. The molecule has 0 unspecified atom stereocenters. The summed E-state index contributed by atoms with van der Waals surface area (Å²) in [5, 5.41) is 11.8. The van der Waals surface area contributed by atoms with Crippen molar-refractivity contribution < 1.29 is 23.9 Å². The molecule has 4 aromatic rings. The number of rotatable bonds is 10. The van der Waals surface area contributed by atoms with Crippen molar-refractivity contribution in [2.75, 3.05) is 14.2 Å². The molecule has 1 aliphatic rings. The minimum Gasteiger partial charge on any atom is -0.497 e. The second kappa shape index (κ2) is 13.5. The van der Waals surface area contributed by atoms with E-state index in [0.717, 1.165) is 22.6 Å². The maximum Gasteiger partial charge on any atom is 0.269 e. The average Bonchev–Trinajstić information content (AvgIpc) is 3.30. The highest BCUT2D eigenvalue weighted by molar-refractivity contribution is 8.18. The number of carbonyl (C=O) groups is 1. The molecule has 0 saturated carbocycles. The van der Waals surface area contributed by atoms with Gasteiger partial charge in [0, 0.05) is 12.1 Å². The van der Waals surface area contributed by atoms with E-state index in [-0.39, 0.29) is 23.2 Å². The second-order valence-corrected chi connectivity index (χ2v) is 10.7. The number of halogens is 1. The van der Waals surface area contributed by atoms with Gasteiger partial charge < -0.3 is 14.2 Å². The lowest BCUT2D eigenvalue weighted by molar-refractivity contribution is -0.384. The SMILES string of the molecule is COc1ccc(CN2C(=O)/C(=C/c3cc(Cl)c(OCc4ccc([N+](=O)[O-])cc4)c(OC)c3)SC2=Nc2ccccc2)cc1. The molecule has 1 amide bonds. The lowest BCUT2D eigenvalue weighted by Gasteiger charge is -2.16. The number of nitro groups is 1. The van der Waals surface area contributed by atoms with Crippen LogP contribution in [0.2, 0.25) is 5.02 Å². The van der Waals surface area contributed by atoms with Gasteiger partial charge >= 0.3 is 0 Å². The van der Waals surface area contributed by atoms with E-state index in [0.29, 0.717) is 33.7 Å². The van der Waals surface area contributed by atoms with Crippen molar-refractivity contribution in [2.24, 2.45) is 4.99 Å². The van der Waals surface area contributed by atoms with Gasteiger partial charge in [0.15, 0.2) is 16.7 Å². The molecule has 1 aliphatic heterocycles. The smallest absolute Gasteiger partial charge is 0.269 e. The molecule has 5 rings (SSSR count). The molecule has 0 aliphatic carbocycles. The van der Waals surface area contributed by atoms with E-state index in [2.05, 4.69) is 0 Å². The summed E-state index contributed by atoms with van der Waals surface area (Å²) in [6.45, 7) is 0.459. The number of benzene rings is 4. The van der Waals surface area contributed by atoms with E-state index in [1.807, 2.05) is 54.6 Å². The van der Waals surface area contributed by atoms with Crippen molar-refractivity contribution in [3.63, 3.8) is 0 Å². The largest absolute Gasteiger partial charge is 0.497 e. The number of methoxy groups -OCH3 is 2. The lowest BCUT2D eigenvalue weighted by Crippen LogP contribution is -2.28.